The maximum absolute atomic E-state index is 14.3. The van der Waals surface area contributed by atoms with Crippen LogP contribution in [0.4, 0.5) is 9.59 Å². The first-order chi connectivity index (χ1) is 31.1. The van der Waals surface area contributed by atoms with Gasteiger partial charge in [-0.2, -0.15) is 0 Å². The second-order valence-electron chi connectivity index (χ2n) is 18.3. The van der Waals surface area contributed by atoms with Crippen molar-refractivity contribution in [2.45, 2.75) is 91.1 Å². The van der Waals surface area contributed by atoms with Crippen LogP contribution in [0.1, 0.15) is 70.4 Å². The summed E-state index contributed by atoms with van der Waals surface area (Å²) >= 11 is 0. The molecule has 2 aromatic carbocycles. The first-order valence-corrected chi connectivity index (χ1v) is 23.7. The van der Waals surface area contributed by atoms with Gasteiger partial charge in [0.2, 0.25) is 11.8 Å². The zero-order chi connectivity index (χ0) is 46.6. The van der Waals surface area contributed by atoms with Crippen LogP contribution in [0.3, 0.4) is 0 Å². The summed E-state index contributed by atoms with van der Waals surface area (Å²) in [6, 6.07) is 16.7. The van der Waals surface area contributed by atoms with Gasteiger partial charge in [0.1, 0.15) is 22.4 Å². The minimum absolute atomic E-state index is 0.0204. The monoisotopic (exact) mass is 905 g/mol. The number of carbonyl (C=O) groups excluding carboxylic acids is 5. The molecule has 2 N–H and O–H groups in total. The van der Waals surface area contributed by atoms with Gasteiger partial charge in [-0.1, -0.05) is 50.8 Å². The molecule has 3 aliphatic heterocycles. The molecule has 0 bridgehead atoms. The fourth-order valence-electron chi connectivity index (χ4n) is 9.41. The fourth-order valence-corrected chi connectivity index (χ4v) is 9.55. The van der Waals surface area contributed by atoms with Gasteiger partial charge in [0.25, 0.3) is 11.5 Å². The molecule has 5 heterocycles. The summed E-state index contributed by atoms with van der Waals surface area (Å²) in [5.41, 5.74) is 10.4. The minimum Gasteiger partial charge on any atom is -0.470 e. The van der Waals surface area contributed by atoms with E-state index in [0.29, 0.717) is 49.4 Å². The van der Waals surface area contributed by atoms with Crippen molar-refractivity contribution in [1.29, 1.82) is 0 Å². The van der Waals surface area contributed by atoms with Crippen LogP contribution in [0.25, 0.3) is 33.3 Å². The number of hydrogen-bond donors (Lipinski definition) is 2. The van der Waals surface area contributed by atoms with E-state index in [2.05, 4.69) is 73.0 Å². The Morgan fingerprint density at radius 1 is 1.09 bits per heavy atom. The number of benzene rings is 2. The van der Waals surface area contributed by atoms with Crippen LogP contribution in [0.15, 0.2) is 73.4 Å². The van der Waals surface area contributed by atoms with Crippen molar-refractivity contribution in [3.8, 4) is 22.4 Å². The molecule has 0 unspecified atom stereocenters. The number of fused-ring (bicyclic) bond motifs is 1. The number of carbonyl (C=O) groups is 5. The first-order valence-electron chi connectivity index (χ1n) is 22.7. The van der Waals surface area contributed by atoms with Gasteiger partial charge in [0.15, 0.2) is 6.04 Å². The van der Waals surface area contributed by atoms with Gasteiger partial charge in [-0.05, 0) is 92.6 Å². The van der Waals surface area contributed by atoms with Crippen LogP contribution in [0.2, 0.25) is 0 Å². The molecular formula is C49H63N7O8Si. The highest BCUT2D eigenvalue weighted by atomic mass is 28.1. The zero-order valence-electron chi connectivity index (χ0n) is 38.7. The van der Waals surface area contributed by atoms with Crippen molar-refractivity contribution in [2.75, 3.05) is 46.4 Å². The van der Waals surface area contributed by atoms with Gasteiger partial charge >= 0.3 is 6.09 Å². The molecule has 0 aliphatic carbocycles. The number of pyridine rings is 1. The quantitative estimate of drug-likeness (QED) is 0.107. The van der Waals surface area contributed by atoms with Gasteiger partial charge in [-0.15, -0.1) is 0 Å². The Balaban J connectivity index is 1.22. The molecular weight excluding hydrogens is 843 g/mol. The van der Waals surface area contributed by atoms with Crippen molar-refractivity contribution < 1.29 is 38.2 Å². The highest BCUT2D eigenvalue weighted by Gasteiger charge is 2.47. The molecule has 16 heteroatoms. The highest BCUT2D eigenvalue weighted by Crippen LogP contribution is 2.42. The Morgan fingerprint density at radius 3 is 2.55 bits per heavy atom. The van der Waals surface area contributed by atoms with Crippen LogP contribution in [0, 0.1) is 11.3 Å². The lowest BCUT2D eigenvalue weighted by Gasteiger charge is -2.40. The molecule has 4 amide bonds. The number of likely N-dealkylation sites (tertiary alicyclic amines) is 1. The predicted octanol–water partition coefficient (Wildman–Crippen LogP) is 5.18. The van der Waals surface area contributed by atoms with Crippen molar-refractivity contribution in [2.24, 2.45) is 11.3 Å². The number of amides is 4. The van der Waals surface area contributed by atoms with Crippen molar-refractivity contribution in [1.82, 2.24) is 35.1 Å². The van der Waals surface area contributed by atoms with Crippen molar-refractivity contribution >= 4 is 50.6 Å². The number of cyclic esters (lactones) is 1. The number of nitrogens with one attached hydrogen (secondary N) is 2. The number of hydrazine groups is 1. The van der Waals surface area contributed by atoms with Gasteiger partial charge in [0.05, 0.1) is 24.1 Å². The Bertz CT molecular complexity index is 2440. The molecule has 3 aliphatic rings. The smallest absolute Gasteiger partial charge is 0.410 e. The minimum atomic E-state index is -0.954. The number of hydrogen-bond acceptors (Lipinski definition) is 10. The second-order valence-corrected chi connectivity index (χ2v) is 19.1. The number of nitrogens with zero attached hydrogens (tertiary/aromatic N) is 5. The van der Waals surface area contributed by atoms with Crippen molar-refractivity contribution in [3.05, 3.63) is 90.3 Å². The summed E-state index contributed by atoms with van der Waals surface area (Å²) in [6.07, 6.45) is 4.05. The molecule has 2 aromatic heterocycles. The van der Waals surface area contributed by atoms with Crippen LogP contribution in [0.5, 0.6) is 0 Å². The van der Waals surface area contributed by atoms with Crippen LogP contribution in [-0.4, -0.2) is 129 Å². The molecule has 65 heavy (non-hydrogen) atoms. The molecule has 15 nitrogen and oxygen atoms in total. The number of rotatable bonds is 17. The van der Waals surface area contributed by atoms with E-state index in [1.165, 1.54) is 11.0 Å². The maximum Gasteiger partial charge on any atom is 0.410 e. The van der Waals surface area contributed by atoms with E-state index in [9.17, 15) is 24.0 Å². The average molecular weight is 906 g/mol. The highest BCUT2D eigenvalue weighted by molar-refractivity contribution is 6.55. The summed E-state index contributed by atoms with van der Waals surface area (Å²) in [6.45, 7) is 16.9. The summed E-state index contributed by atoms with van der Waals surface area (Å²) in [7, 11) is 2.00. The van der Waals surface area contributed by atoms with Gasteiger partial charge in [0, 0.05) is 86.8 Å². The lowest BCUT2D eigenvalue weighted by atomic mass is 9.84. The standard InChI is InChI=1S/C49H63N7O8Si/c1-8-41(57)53-26-33(27-53)28-55-43(31(4)64-47(55)60)45(58)52-39(46(59)56-21-11-10-20-51-56)23-32-14-12-15-34(22-32)35-17-18-40-37(24-35)38(25-49(5,6)29-63-48(61)65)44(54(40)9-2)36-16-13-19-50-42(36)30(3)62-7/h8,12-19,22,24,30-31,33,39,43,51H,1,9-11,20-21,23,25-29H2,2-7,65H3,(H,52,58)/t30-,31+,39-,43-/m0/s1. The Kier molecular flexibility index (Phi) is 14.6. The summed E-state index contributed by atoms with van der Waals surface area (Å²) < 4.78 is 19.3. The number of aryl methyl sites for hydroxylation is 1. The van der Waals surface area contributed by atoms with E-state index in [0.717, 1.165) is 62.9 Å². The van der Waals surface area contributed by atoms with Crippen LogP contribution in [-0.2, 0) is 48.0 Å². The van der Waals surface area contributed by atoms with Gasteiger partial charge < -0.3 is 29.0 Å². The number of methoxy groups -OCH3 is 1. The number of aromatic nitrogens is 2. The van der Waals surface area contributed by atoms with E-state index < -0.39 is 30.2 Å². The normalized spacial score (nSPS) is 18.9. The molecule has 4 aromatic rings. The van der Waals surface area contributed by atoms with E-state index in [4.69, 9.17) is 19.2 Å². The Hall–Kier alpha value is -5.84. The zero-order valence-corrected chi connectivity index (χ0v) is 40.7. The SMILES string of the molecule is C=CC(=O)N1CC(CN2C(=O)O[C@H](C)[C@H]2C(=O)N[C@@H](Cc2cccc(-c3ccc4c(c3)c(CC(C)(C)COC(=O)[SiH3])c(-c3cccnc3[C@H](C)OC)n4CC)c2)C(=O)N2CCCCN2)C1. The predicted molar refractivity (Wildman–Crippen MR) is 252 cm³/mol. The molecule has 3 saturated heterocycles. The third-order valence-corrected chi connectivity index (χ3v) is 13.1. The van der Waals surface area contributed by atoms with Gasteiger partial charge in [-0.3, -0.25) is 34.1 Å². The Labute approximate surface area is 384 Å². The molecule has 0 radical (unpaired) electrons. The lowest BCUT2D eigenvalue weighted by molar-refractivity contribution is -0.141. The molecule has 346 valence electrons. The van der Waals surface area contributed by atoms with E-state index in [-0.39, 0.29) is 54.4 Å². The molecule has 3 fully saturated rings. The molecule has 4 atom stereocenters. The topological polar surface area (TPSA) is 165 Å². The Morgan fingerprint density at radius 2 is 1.86 bits per heavy atom. The average Bonchev–Trinajstić information content (AvgIpc) is 3.75. The fraction of sp³-hybridized carbons (Fsp3) is 0.469. The molecule has 0 spiro atoms. The van der Waals surface area contributed by atoms with Crippen LogP contribution >= 0.6 is 0 Å². The third kappa shape index (κ3) is 10.3. The summed E-state index contributed by atoms with van der Waals surface area (Å²) in [5, 5.41) is 5.70. The van der Waals surface area contributed by atoms with Crippen LogP contribution < -0.4 is 10.7 Å². The second kappa shape index (κ2) is 20.1. The lowest BCUT2D eigenvalue weighted by Crippen LogP contribution is -2.60. The largest absolute Gasteiger partial charge is 0.470 e. The number of ether oxygens (including phenoxy) is 3. The molecule has 0 saturated carbocycles. The van der Waals surface area contributed by atoms with E-state index in [1.54, 1.807) is 30.1 Å². The molecule has 7 rings (SSSR count). The summed E-state index contributed by atoms with van der Waals surface area (Å²) in [4.78, 5) is 73.6. The van der Waals surface area contributed by atoms with E-state index >= 15 is 0 Å². The first kappa shape index (κ1) is 47.1. The van der Waals surface area contributed by atoms with E-state index in [1.807, 2.05) is 31.2 Å². The maximum atomic E-state index is 14.3. The van der Waals surface area contributed by atoms with Crippen molar-refractivity contribution in [3.63, 3.8) is 0 Å². The third-order valence-electron chi connectivity index (χ3n) is 12.8. The summed E-state index contributed by atoms with van der Waals surface area (Å²) in [5.74, 6) is -0.933. The van der Waals surface area contributed by atoms with Gasteiger partial charge in [-0.25, -0.2) is 10.2 Å².